The van der Waals surface area contributed by atoms with E-state index in [2.05, 4.69) is 160 Å². The minimum Gasteiger partial charge on any atom is -0.0871 e. The lowest BCUT2D eigenvalue weighted by atomic mass is 9.84. The quantitative estimate of drug-likeness (QED) is 0.155. The van der Waals surface area contributed by atoms with E-state index >= 15 is 0 Å². The summed E-state index contributed by atoms with van der Waals surface area (Å²) in [6.07, 6.45) is 6.58. The number of hydrogen-bond donors (Lipinski definition) is 0. The first-order valence-corrected chi connectivity index (χ1v) is 14.4. The molecule has 7 aromatic rings. The number of hydrogen-bond acceptors (Lipinski definition) is 0. The van der Waals surface area contributed by atoms with Crippen LogP contribution in [0.4, 0.5) is 0 Å². The fraction of sp³-hybridized carbons (Fsp3) is 0.0732. The zero-order valence-electron chi connectivity index (χ0n) is 23.8. The Morgan fingerprint density at radius 1 is 0.512 bits per heavy atom. The van der Waals surface area contributed by atoms with E-state index in [1.165, 1.54) is 82.4 Å². The van der Waals surface area contributed by atoms with Crippen molar-refractivity contribution in [3.8, 4) is 33.4 Å². The van der Waals surface area contributed by atoms with Gasteiger partial charge >= 0.3 is 0 Å². The highest BCUT2D eigenvalue weighted by molar-refractivity contribution is 6.29. The molecule has 0 aliphatic heterocycles. The van der Waals surface area contributed by atoms with Crippen molar-refractivity contribution >= 4 is 37.9 Å². The highest BCUT2D eigenvalue weighted by atomic mass is 14.2. The molecule has 0 N–H and O–H groups in total. The van der Waals surface area contributed by atoms with Gasteiger partial charge in [0.15, 0.2) is 0 Å². The van der Waals surface area contributed by atoms with Gasteiger partial charge in [-0.3, -0.25) is 0 Å². The fourth-order valence-corrected chi connectivity index (χ4v) is 6.35. The molecule has 0 spiro atoms. The topological polar surface area (TPSA) is 0 Å². The van der Waals surface area contributed by atoms with E-state index in [1.54, 1.807) is 0 Å². The van der Waals surface area contributed by atoms with Gasteiger partial charge in [0.2, 0.25) is 0 Å². The second kappa shape index (κ2) is 10.2. The van der Waals surface area contributed by atoms with Crippen LogP contribution in [-0.4, -0.2) is 0 Å². The molecule has 41 heavy (non-hydrogen) atoms. The van der Waals surface area contributed by atoms with Gasteiger partial charge in [0.05, 0.1) is 0 Å². The van der Waals surface area contributed by atoms with E-state index in [0.717, 1.165) is 0 Å². The van der Waals surface area contributed by atoms with Gasteiger partial charge < -0.3 is 0 Å². The second-order valence-electron chi connectivity index (χ2n) is 10.9. The summed E-state index contributed by atoms with van der Waals surface area (Å²) in [6.45, 7) is 6.36. The first kappa shape index (κ1) is 25.1. The van der Waals surface area contributed by atoms with Crippen molar-refractivity contribution < 1.29 is 0 Å². The van der Waals surface area contributed by atoms with Crippen LogP contribution in [0.3, 0.4) is 0 Å². The predicted molar refractivity (Wildman–Crippen MR) is 180 cm³/mol. The van der Waals surface area contributed by atoms with Crippen molar-refractivity contribution in [2.45, 2.75) is 20.8 Å². The molecule has 0 saturated carbocycles. The third kappa shape index (κ3) is 4.24. The van der Waals surface area contributed by atoms with E-state index < -0.39 is 0 Å². The molecule has 0 unspecified atom stereocenters. The van der Waals surface area contributed by atoms with Crippen LogP contribution in [0, 0.1) is 6.92 Å². The van der Waals surface area contributed by atoms with E-state index in [4.69, 9.17) is 0 Å². The number of allylic oxidation sites excluding steroid dienone is 4. The first-order chi connectivity index (χ1) is 20.2. The van der Waals surface area contributed by atoms with E-state index in [1.807, 2.05) is 0 Å². The van der Waals surface area contributed by atoms with Crippen molar-refractivity contribution in [2.24, 2.45) is 0 Å². The van der Waals surface area contributed by atoms with Gasteiger partial charge in [-0.05, 0) is 104 Å². The lowest BCUT2D eigenvalue weighted by molar-refractivity contribution is 1.47. The third-order valence-electron chi connectivity index (χ3n) is 8.42. The smallest absolute Gasteiger partial charge is 0.00141 e. The number of rotatable bonds is 5. The summed E-state index contributed by atoms with van der Waals surface area (Å²) in [5.74, 6) is 0. The molecule has 0 radical (unpaired) electrons. The van der Waals surface area contributed by atoms with Crippen LogP contribution >= 0.6 is 0 Å². The van der Waals surface area contributed by atoms with Crippen LogP contribution in [0.2, 0.25) is 0 Å². The molecule has 196 valence electrons. The third-order valence-corrected chi connectivity index (χ3v) is 8.42. The van der Waals surface area contributed by atoms with Crippen molar-refractivity contribution in [1.29, 1.82) is 0 Å². The molecule has 0 aliphatic rings. The van der Waals surface area contributed by atoms with Crippen LogP contribution in [0.1, 0.15) is 25.0 Å². The maximum atomic E-state index is 2.39. The molecule has 0 saturated heterocycles. The molecule has 0 fully saturated rings. The normalized spacial score (nSPS) is 12.3. The Morgan fingerprint density at radius 3 is 1.78 bits per heavy atom. The molecule has 0 heterocycles. The summed E-state index contributed by atoms with van der Waals surface area (Å²) in [7, 11) is 0. The minimum absolute atomic E-state index is 1.24. The Hall–Kier alpha value is -4.94. The van der Waals surface area contributed by atoms with Crippen LogP contribution in [0.25, 0.3) is 71.3 Å². The molecular weight excluding hydrogens is 492 g/mol. The molecule has 0 aromatic heterocycles. The lowest BCUT2D eigenvalue weighted by Crippen LogP contribution is -1.93. The summed E-state index contributed by atoms with van der Waals surface area (Å²) >= 11 is 0. The van der Waals surface area contributed by atoms with Crippen LogP contribution < -0.4 is 0 Å². The lowest BCUT2D eigenvalue weighted by Gasteiger charge is -2.20. The van der Waals surface area contributed by atoms with Gasteiger partial charge in [-0.1, -0.05) is 139 Å². The van der Waals surface area contributed by atoms with Gasteiger partial charge in [-0.15, -0.1) is 0 Å². The highest BCUT2D eigenvalue weighted by Gasteiger charge is 2.18. The maximum Gasteiger partial charge on any atom is -0.00141 e. The first-order valence-electron chi connectivity index (χ1n) is 14.4. The molecular formula is C41H32. The summed E-state index contributed by atoms with van der Waals surface area (Å²) in [6, 6.07) is 44.9. The molecule has 0 atom stereocenters. The van der Waals surface area contributed by atoms with Gasteiger partial charge in [-0.2, -0.15) is 0 Å². The zero-order chi connectivity index (χ0) is 27.9. The summed E-state index contributed by atoms with van der Waals surface area (Å²) in [4.78, 5) is 0. The molecule has 0 heteroatoms. The Labute approximate surface area is 242 Å². The van der Waals surface area contributed by atoms with Gasteiger partial charge in [-0.25, -0.2) is 0 Å². The molecule has 7 rings (SSSR count). The van der Waals surface area contributed by atoms with Gasteiger partial charge in [0.1, 0.15) is 0 Å². The van der Waals surface area contributed by atoms with E-state index in [0.29, 0.717) is 0 Å². The van der Waals surface area contributed by atoms with Crippen LogP contribution in [0.5, 0.6) is 0 Å². The van der Waals surface area contributed by atoms with Crippen molar-refractivity contribution in [1.82, 2.24) is 0 Å². The fourth-order valence-electron chi connectivity index (χ4n) is 6.35. The van der Waals surface area contributed by atoms with E-state index in [-0.39, 0.29) is 0 Å². The van der Waals surface area contributed by atoms with Gasteiger partial charge in [0, 0.05) is 0 Å². The molecule has 0 amide bonds. The Balaban J connectivity index is 1.50. The Morgan fingerprint density at radius 2 is 1.10 bits per heavy atom. The summed E-state index contributed by atoms with van der Waals surface area (Å²) < 4.78 is 0. The SMILES string of the molecule is C/C=C\C(=C/C)c1cc(-c2ccccc2)c2ccc3c(-c4ccc(-c5ccc(C)cc5)cc4)ccc4ccc1c2c43. The average Bonchev–Trinajstić information content (AvgIpc) is 3.03. The van der Waals surface area contributed by atoms with Gasteiger partial charge in [0.25, 0.3) is 0 Å². The maximum absolute atomic E-state index is 2.39. The van der Waals surface area contributed by atoms with Crippen molar-refractivity contribution in [3.05, 3.63) is 151 Å². The predicted octanol–water partition coefficient (Wildman–Crippen LogP) is 11.9. The molecule has 0 aliphatic carbocycles. The standard InChI is InChI=1S/C41H32/c1-4-9-28(5-2)38-26-39(31-10-7-6-8-11-31)37-25-24-35-34(22-20-33-21-23-36(38)41(37)40(33)35)32-18-16-30(17-19-32)29-14-12-27(3)13-15-29/h4-26H,1-3H3/b9-4-,28-5+. The minimum atomic E-state index is 1.24. The van der Waals surface area contributed by atoms with E-state index in [9.17, 15) is 0 Å². The Kier molecular flexibility index (Phi) is 6.25. The highest BCUT2D eigenvalue weighted by Crippen LogP contribution is 2.45. The number of aryl methyl sites for hydroxylation is 1. The van der Waals surface area contributed by atoms with Crippen molar-refractivity contribution in [2.75, 3.05) is 0 Å². The summed E-state index contributed by atoms with van der Waals surface area (Å²) in [5, 5.41) is 7.87. The monoisotopic (exact) mass is 524 g/mol. The largest absolute Gasteiger partial charge is 0.0871 e. The number of benzene rings is 7. The molecule has 7 aromatic carbocycles. The van der Waals surface area contributed by atoms with Crippen LogP contribution in [-0.2, 0) is 0 Å². The zero-order valence-corrected chi connectivity index (χ0v) is 23.8. The Bertz CT molecular complexity index is 2070. The molecule has 0 bridgehead atoms. The van der Waals surface area contributed by atoms with Crippen molar-refractivity contribution in [3.63, 3.8) is 0 Å². The molecule has 0 nitrogen and oxygen atoms in total. The van der Waals surface area contributed by atoms with Crippen LogP contribution in [0.15, 0.2) is 140 Å². The average molecular weight is 525 g/mol. The second-order valence-corrected chi connectivity index (χ2v) is 10.9. The summed E-state index contributed by atoms with van der Waals surface area (Å²) in [5.41, 5.74) is 11.3.